The van der Waals surface area contributed by atoms with E-state index in [9.17, 15) is 14.0 Å². The summed E-state index contributed by atoms with van der Waals surface area (Å²) in [5, 5.41) is 2.71. The Labute approximate surface area is 161 Å². The molecule has 27 heavy (non-hydrogen) atoms. The third kappa shape index (κ3) is 3.92. The number of rotatable bonds is 5. The smallest absolute Gasteiger partial charge is 0.261 e. The van der Waals surface area contributed by atoms with Crippen LogP contribution in [0.3, 0.4) is 0 Å². The summed E-state index contributed by atoms with van der Waals surface area (Å²) in [6, 6.07) is 7.35. The molecule has 0 atom stereocenters. The zero-order valence-electron chi connectivity index (χ0n) is 14.5. The molecule has 0 bridgehead atoms. The first-order valence-corrected chi connectivity index (χ1v) is 8.58. The summed E-state index contributed by atoms with van der Waals surface area (Å²) in [7, 11) is 2.94. The standard InChI is InChI=1S/C18H15BrFN3O4/c1-26-15-6-11-14(7-16(15)27-2)21-9-23(18(11)25)8-17(24)22-13-4-3-10(19)5-12(13)20/h3-7,9H,8H2,1-2H3,(H,22,24). The van der Waals surface area contributed by atoms with Crippen molar-refractivity contribution in [3.05, 3.63) is 57.3 Å². The molecule has 3 rings (SSSR count). The Morgan fingerprint density at radius 3 is 2.59 bits per heavy atom. The van der Waals surface area contributed by atoms with Gasteiger partial charge in [-0.3, -0.25) is 14.2 Å². The number of carbonyl (C=O) groups is 1. The first-order valence-electron chi connectivity index (χ1n) is 7.79. The first kappa shape index (κ1) is 18.8. The number of benzene rings is 2. The molecule has 0 aliphatic rings. The third-order valence-corrected chi connectivity index (χ3v) is 4.34. The van der Waals surface area contributed by atoms with Crippen LogP contribution in [0.1, 0.15) is 0 Å². The predicted octanol–water partition coefficient (Wildman–Crippen LogP) is 2.95. The van der Waals surface area contributed by atoms with E-state index < -0.39 is 17.3 Å². The van der Waals surface area contributed by atoms with Crippen LogP contribution in [0.5, 0.6) is 11.5 Å². The second-order valence-electron chi connectivity index (χ2n) is 5.57. The van der Waals surface area contributed by atoms with E-state index in [1.54, 1.807) is 12.1 Å². The van der Waals surface area contributed by atoms with E-state index >= 15 is 0 Å². The molecule has 9 heteroatoms. The zero-order valence-corrected chi connectivity index (χ0v) is 16.0. The summed E-state index contributed by atoms with van der Waals surface area (Å²) in [6.45, 7) is -0.314. The number of ether oxygens (including phenoxy) is 2. The molecule has 1 amide bonds. The molecular formula is C18H15BrFN3O4. The Morgan fingerprint density at radius 1 is 1.22 bits per heavy atom. The van der Waals surface area contributed by atoms with E-state index in [1.807, 2.05) is 0 Å². The number of hydrogen-bond donors (Lipinski definition) is 1. The van der Waals surface area contributed by atoms with Crippen molar-refractivity contribution in [1.29, 1.82) is 0 Å². The minimum absolute atomic E-state index is 0.0244. The lowest BCUT2D eigenvalue weighted by Gasteiger charge is -2.11. The van der Waals surface area contributed by atoms with E-state index in [1.165, 1.54) is 38.7 Å². The van der Waals surface area contributed by atoms with E-state index in [4.69, 9.17) is 9.47 Å². The second-order valence-corrected chi connectivity index (χ2v) is 6.49. The molecule has 0 aliphatic heterocycles. The van der Waals surface area contributed by atoms with Crippen molar-refractivity contribution in [2.45, 2.75) is 6.54 Å². The van der Waals surface area contributed by atoms with Gasteiger partial charge in [0.2, 0.25) is 5.91 Å². The molecule has 0 aliphatic carbocycles. The number of anilines is 1. The Bertz CT molecular complexity index is 1080. The fraction of sp³-hybridized carbons (Fsp3) is 0.167. The van der Waals surface area contributed by atoms with Crippen LogP contribution in [0.15, 0.2) is 45.9 Å². The molecule has 0 unspecified atom stereocenters. The van der Waals surface area contributed by atoms with E-state index in [0.717, 1.165) is 4.57 Å². The van der Waals surface area contributed by atoms with Crippen LogP contribution in [0, 0.1) is 5.82 Å². The van der Waals surface area contributed by atoms with Gasteiger partial charge in [-0.25, -0.2) is 9.37 Å². The molecule has 140 valence electrons. The quantitative estimate of drug-likeness (QED) is 0.665. The van der Waals surface area contributed by atoms with E-state index in [2.05, 4.69) is 26.2 Å². The van der Waals surface area contributed by atoms with Gasteiger partial charge in [-0.15, -0.1) is 0 Å². The van der Waals surface area contributed by atoms with Crippen LogP contribution < -0.4 is 20.3 Å². The lowest BCUT2D eigenvalue weighted by molar-refractivity contribution is -0.116. The Morgan fingerprint density at radius 2 is 1.93 bits per heavy atom. The summed E-state index contributed by atoms with van der Waals surface area (Å²) in [4.78, 5) is 29.1. The van der Waals surface area contributed by atoms with Gasteiger partial charge in [0.15, 0.2) is 11.5 Å². The summed E-state index contributed by atoms with van der Waals surface area (Å²) in [5.41, 5.74) is 0.0112. The average molecular weight is 436 g/mol. The van der Waals surface area contributed by atoms with E-state index in [0.29, 0.717) is 21.5 Å². The van der Waals surface area contributed by atoms with Crippen LogP contribution in [-0.4, -0.2) is 29.7 Å². The molecule has 1 N–H and O–H groups in total. The Balaban J connectivity index is 1.89. The van der Waals surface area contributed by atoms with Gasteiger partial charge in [0, 0.05) is 10.5 Å². The normalized spacial score (nSPS) is 10.7. The lowest BCUT2D eigenvalue weighted by Crippen LogP contribution is -2.28. The predicted molar refractivity (Wildman–Crippen MR) is 102 cm³/mol. The van der Waals surface area contributed by atoms with Gasteiger partial charge >= 0.3 is 0 Å². The topological polar surface area (TPSA) is 82.5 Å². The third-order valence-electron chi connectivity index (χ3n) is 3.85. The molecule has 0 saturated carbocycles. The SMILES string of the molecule is COc1cc2ncn(CC(=O)Nc3ccc(Br)cc3F)c(=O)c2cc1OC. The van der Waals surface area contributed by atoms with Crippen LogP contribution >= 0.6 is 15.9 Å². The fourth-order valence-corrected chi connectivity index (χ4v) is 2.87. The van der Waals surface area contributed by atoms with Gasteiger partial charge in [0.1, 0.15) is 12.4 Å². The number of carbonyl (C=O) groups excluding carboxylic acids is 1. The fourth-order valence-electron chi connectivity index (χ4n) is 2.53. The number of methoxy groups -OCH3 is 2. The van der Waals surface area contributed by atoms with Gasteiger partial charge in [-0.05, 0) is 24.3 Å². The van der Waals surface area contributed by atoms with Crippen molar-refractivity contribution in [1.82, 2.24) is 9.55 Å². The highest BCUT2D eigenvalue weighted by Gasteiger charge is 2.13. The number of aromatic nitrogens is 2. The van der Waals surface area contributed by atoms with Gasteiger partial charge in [-0.2, -0.15) is 0 Å². The molecular weight excluding hydrogens is 421 g/mol. The Kier molecular flexibility index (Phi) is 5.41. The molecule has 0 spiro atoms. The first-order chi connectivity index (χ1) is 12.9. The summed E-state index contributed by atoms with van der Waals surface area (Å²) in [6.07, 6.45) is 1.26. The molecule has 1 aromatic heterocycles. The van der Waals surface area contributed by atoms with Crippen LogP contribution in [0.4, 0.5) is 10.1 Å². The minimum atomic E-state index is -0.585. The van der Waals surface area contributed by atoms with Gasteiger partial charge in [0.25, 0.3) is 5.56 Å². The van der Waals surface area contributed by atoms with Gasteiger partial charge in [-0.1, -0.05) is 15.9 Å². The van der Waals surface area contributed by atoms with E-state index in [-0.39, 0.29) is 17.6 Å². The summed E-state index contributed by atoms with van der Waals surface area (Å²) < 4.78 is 25.9. The van der Waals surface area contributed by atoms with Crippen molar-refractivity contribution < 1.29 is 18.7 Å². The summed E-state index contributed by atoms with van der Waals surface area (Å²) in [5.74, 6) is -0.320. The molecule has 1 heterocycles. The maximum Gasteiger partial charge on any atom is 0.261 e. The monoisotopic (exact) mass is 435 g/mol. The molecule has 3 aromatic rings. The van der Waals surface area contributed by atoms with Gasteiger partial charge in [0.05, 0.1) is 37.1 Å². The summed E-state index contributed by atoms with van der Waals surface area (Å²) >= 11 is 3.15. The highest BCUT2D eigenvalue weighted by atomic mass is 79.9. The highest BCUT2D eigenvalue weighted by Crippen LogP contribution is 2.29. The minimum Gasteiger partial charge on any atom is -0.493 e. The van der Waals surface area contributed by atoms with Crippen LogP contribution in [0.2, 0.25) is 0 Å². The number of amides is 1. The van der Waals surface area contributed by atoms with Crippen molar-refractivity contribution in [2.75, 3.05) is 19.5 Å². The van der Waals surface area contributed by atoms with Crippen molar-refractivity contribution in [3.63, 3.8) is 0 Å². The molecule has 7 nitrogen and oxygen atoms in total. The average Bonchev–Trinajstić information content (AvgIpc) is 2.65. The highest BCUT2D eigenvalue weighted by molar-refractivity contribution is 9.10. The second kappa shape index (κ2) is 7.75. The van der Waals surface area contributed by atoms with Crippen LogP contribution in [0.25, 0.3) is 10.9 Å². The maximum atomic E-state index is 13.8. The number of nitrogens with zero attached hydrogens (tertiary/aromatic N) is 2. The maximum absolute atomic E-state index is 13.8. The molecule has 0 radical (unpaired) electrons. The largest absolute Gasteiger partial charge is 0.493 e. The number of nitrogens with one attached hydrogen (secondary N) is 1. The lowest BCUT2D eigenvalue weighted by atomic mass is 10.2. The molecule has 0 fully saturated rings. The van der Waals surface area contributed by atoms with Crippen LogP contribution in [-0.2, 0) is 11.3 Å². The zero-order chi connectivity index (χ0) is 19.6. The molecule has 2 aromatic carbocycles. The van der Waals surface area contributed by atoms with Crippen molar-refractivity contribution in [2.24, 2.45) is 0 Å². The molecule has 0 saturated heterocycles. The van der Waals surface area contributed by atoms with Crippen molar-refractivity contribution >= 4 is 38.4 Å². The number of hydrogen-bond acceptors (Lipinski definition) is 5. The van der Waals surface area contributed by atoms with Crippen molar-refractivity contribution in [3.8, 4) is 11.5 Å². The number of halogens is 2. The Hall–Kier alpha value is -2.94. The number of fused-ring (bicyclic) bond motifs is 1. The van der Waals surface area contributed by atoms with Gasteiger partial charge < -0.3 is 14.8 Å².